The van der Waals surface area contributed by atoms with Crippen LogP contribution in [-0.2, 0) is 21.2 Å². The average Bonchev–Trinajstić information content (AvgIpc) is 2.66. The average molecular weight is 332 g/mol. The lowest BCUT2D eigenvalue weighted by Crippen LogP contribution is -2.45. The van der Waals surface area contributed by atoms with Gasteiger partial charge < -0.3 is 4.90 Å². The number of alkyl halides is 2. The number of carbonyl (C=O) groups excluding carboxylic acids is 1. The van der Waals surface area contributed by atoms with Crippen molar-refractivity contribution in [2.75, 3.05) is 25.4 Å². The minimum absolute atomic E-state index is 0.0389. The van der Waals surface area contributed by atoms with Crippen LogP contribution in [0.3, 0.4) is 0 Å². The summed E-state index contributed by atoms with van der Waals surface area (Å²) in [5.41, 5.74) is 0.732. The third kappa shape index (κ3) is 4.48. The summed E-state index contributed by atoms with van der Waals surface area (Å²) in [6.45, 7) is -0.295. The summed E-state index contributed by atoms with van der Waals surface area (Å²) < 4.78 is 53.1. The van der Waals surface area contributed by atoms with Crippen LogP contribution in [0.5, 0.6) is 0 Å². The Balaban J connectivity index is 1.97. The molecule has 0 radical (unpaired) electrons. The third-order valence-corrected chi connectivity index (χ3v) is 4.87. The van der Waals surface area contributed by atoms with Crippen molar-refractivity contribution in [1.29, 1.82) is 0 Å². The van der Waals surface area contributed by atoms with Crippen molar-refractivity contribution in [1.82, 2.24) is 9.62 Å². The summed E-state index contributed by atoms with van der Waals surface area (Å²) in [5.74, 6) is -5.15. The lowest BCUT2D eigenvalue weighted by atomic mass is 10.1. The van der Waals surface area contributed by atoms with Crippen LogP contribution >= 0.6 is 0 Å². The quantitative estimate of drug-likeness (QED) is 0.895. The summed E-state index contributed by atoms with van der Waals surface area (Å²) in [5, 5.41) is 0. The zero-order chi connectivity index (χ0) is 16.2. The van der Waals surface area contributed by atoms with Gasteiger partial charge in [0.1, 0.15) is 0 Å². The fourth-order valence-corrected chi connectivity index (χ4v) is 3.25. The summed E-state index contributed by atoms with van der Waals surface area (Å²) >= 11 is 0. The van der Waals surface area contributed by atoms with Crippen molar-refractivity contribution < 1.29 is 22.0 Å². The summed E-state index contributed by atoms with van der Waals surface area (Å²) in [4.78, 5) is 12.9. The van der Waals surface area contributed by atoms with Gasteiger partial charge in [-0.2, -0.15) is 8.78 Å². The molecule has 122 valence electrons. The highest BCUT2D eigenvalue weighted by atomic mass is 32.2. The van der Waals surface area contributed by atoms with Gasteiger partial charge >= 0.3 is 5.92 Å². The van der Waals surface area contributed by atoms with Crippen LogP contribution in [0.2, 0.25) is 0 Å². The number of nitrogens with zero attached hydrogens (tertiary/aromatic N) is 1. The van der Waals surface area contributed by atoms with Crippen molar-refractivity contribution >= 4 is 15.9 Å². The first kappa shape index (κ1) is 16.8. The first-order chi connectivity index (χ1) is 10.3. The number of sulfonamides is 1. The molecule has 0 unspecified atom stereocenters. The lowest BCUT2D eigenvalue weighted by molar-refractivity contribution is -0.157. The van der Waals surface area contributed by atoms with Crippen LogP contribution in [0.15, 0.2) is 30.3 Å². The highest BCUT2D eigenvalue weighted by molar-refractivity contribution is 7.89. The van der Waals surface area contributed by atoms with Crippen molar-refractivity contribution in [3.63, 3.8) is 0 Å². The number of halogens is 2. The third-order valence-electron chi connectivity index (χ3n) is 3.50. The van der Waals surface area contributed by atoms with Crippen molar-refractivity contribution in [3.8, 4) is 0 Å². The van der Waals surface area contributed by atoms with Gasteiger partial charge in [0.2, 0.25) is 10.0 Å². The second-order valence-corrected chi connectivity index (χ2v) is 7.12. The van der Waals surface area contributed by atoms with Crippen molar-refractivity contribution in [3.05, 3.63) is 35.9 Å². The van der Waals surface area contributed by atoms with Crippen LogP contribution in [0.1, 0.15) is 12.0 Å². The molecule has 1 aromatic rings. The maximum absolute atomic E-state index is 14.1. The molecule has 1 amide bonds. The number of nitrogens with one attached hydrogen (secondary N) is 1. The van der Waals surface area contributed by atoms with Crippen LogP contribution in [0.25, 0.3) is 0 Å². The first-order valence-corrected chi connectivity index (χ1v) is 8.64. The predicted octanol–water partition coefficient (Wildman–Crippen LogP) is 1.02. The molecule has 0 atom stereocenters. The van der Waals surface area contributed by atoms with Gasteiger partial charge in [-0.1, -0.05) is 30.3 Å². The van der Waals surface area contributed by atoms with E-state index in [0.29, 0.717) is 0 Å². The van der Waals surface area contributed by atoms with E-state index >= 15 is 0 Å². The molecule has 0 aliphatic carbocycles. The monoisotopic (exact) mass is 332 g/mol. The van der Waals surface area contributed by atoms with Gasteiger partial charge in [-0.25, -0.2) is 13.1 Å². The van der Waals surface area contributed by atoms with Gasteiger partial charge in [-0.15, -0.1) is 0 Å². The molecular weight excluding hydrogens is 314 g/mol. The molecule has 0 aromatic heterocycles. The molecule has 8 heteroatoms. The first-order valence-electron chi connectivity index (χ1n) is 6.99. The number of amides is 1. The molecule has 1 fully saturated rings. The van der Waals surface area contributed by atoms with Gasteiger partial charge in [-0.05, 0) is 12.0 Å². The molecule has 2 rings (SSSR count). The van der Waals surface area contributed by atoms with E-state index in [0.717, 1.165) is 10.5 Å². The molecular formula is C14H18F2N2O3S. The maximum Gasteiger partial charge on any atom is 0.325 e. The van der Waals surface area contributed by atoms with E-state index in [1.54, 1.807) is 30.3 Å². The Hall–Kier alpha value is -1.54. The Morgan fingerprint density at radius 1 is 1.23 bits per heavy atom. The van der Waals surface area contributed by atoms with Crippen LogP contribution in [-0.4, -0.2) is 50.5 Å². The van der Waals surface area contributed by atoms with Gasteiger partial charge in [-0.3, -0.25) is 4.79 Å². The zero-order valence-corrected chi connectivity index (χ0v) is 12.8. The number of aryl methyl sites for hydroxylation is 1. The van der Waals surface area contributed by atoms with Crippen LogP contribution in [0.4, 0.5) is 8.78 Å². The minimum atomic E-state index is -3.50. The van der Waals surface area contributed by atoms with E-state index in [-0.39, 0.29) is 31.8 Å². The standard InChI is InChI=1S/C14H18F2N2O3S/c15-14(16,7-6-12-4-2-1-3-5-12)13(19)18-9-8-17-22(20,21)11-10-18/h1-5,17H,6-11H2. The molecule has 1 aliphatic rings. The summed E-state index contributed by atoms with van der Waals surface area (Å²) in [6.07, 6.45) is -0.503. The highest BCUT2D eigenvalue weighted by Crippen LogP contribution is 2.24. The highest BCUT2D eigenvalue weighted by Gasteiger charge is 2.42. The van der Waals surface area contributed by atoms with Gasteiger partial charge in [0.15, 0.2) is 0 Å². The second kappa shape index (κ2) is 6.70. The Kier molecular flexibility index (Phi) is 5.12. The van der Waals surface area contributed by atoms with E-state index in [1.165, 1.54) is 0 Å². The van der Waals surface area contributed by atoms with E-state index in [1.807, 2.05) is 0 Å². The molecule has 1 N–H and O–H groups in total. The lowest BCUT2D eigenvalue weighted by Gasteiger charge is -2.25. The number of carbonyl (C=O) groups is 1. The van der Waals surface area contributed by atoms with E-state index < -0.39 is 28.3 Å². The van der Waals surface area contributed by atoms with Crippen molar-refractivity contribution in [2.45, 2.75) is 18.8 Å². The Morgan fingerprint density at radius 3 is 2.59 bits per heavy atom. The van der Waals surface area contributed by atoms with Gasteiger partial charge in [0.05, 0.1) is 5.75 Å². The van der Waals surface area contributed by atoms with Crippen molar-refractivity contribution in [2.24, 2.45) is 0 Å². The molecule has 1 aliphatic heterocycles. The maximum atomic E-state index is 14.1. The molecule has 0 saturated carbocycles. The Morgan fingerprint density at radius 2 is 1.91 bits per heavy atom. The Bertz CT molecular complexity index is 620. The van der Waals surface area contributed by atoms with Gasteiger partial charge in [0, 0.05) is 26.1 Å². The molecule has 0 spiro atoms. The smallest absolute Gasteiger partial charge is 0.325 e. The van der Waals surface area contributed by atoms with E-state index in [2.05, 4.69) is 4.72 Å². The topological polar surface area (TPSA) is 66.5 Å². The predicted molar refractivity (Wildman–Crippen MR) is 78.1 cm³/mol. The van der Waals surface area contributed by atoms with Gasteiger partial charge in [0.25, 0.3) is 5.91 Å². The number of hydrogen-bond acceptors (Lipinski definition) is 3. The number of benzene rings is 1. The number of hydrogen-bond donors (Lipinski definition) is 1. The molecule has 1 saturated heterocycles. The largest absolute Gasteiger partial charge is 0.335 e. The SMILES string of the molecule is O=C(N1CCNS(=O)(=O)CC1)C(F)(F)CCc1ccccc1. The van der Waals surface area contributed by atoms with E-state index in [4.69, 9.17) is 0 Å². The van der Waals surface area contributed by atoms with E-state index in [9.17, 15) is 22.0 Å². The fourth-order valence-electron chi connectivity index (χ4n) is 2.24. The van der Waals surface area contributed by atoms with Crippen LogP contribution in [0, 0.1) is 0 Å². The van der Waals surface area contributed by atoms with Crippen LogP contribution < -0.4 is 4.72 Å². The Labute approximate surface area is 128 Å². The fraction of sp³-hybridized carbons (Fsp3) is 0.500. The minimum Gasteiger partial charge on any atom is -0.335 e. The molecule has 1 aromatic carbocycles. The molecule has 22 heavy (non-hydrogen) atoms. The number of rotatable bonds is 4. The summed E-state index contributed by atoms with van der Waals surface area (Å²) in [6, 6.07) is 8.74. The molecule has 0 bridgehead atoms. The zero-order valence-electron chi connectivity index (χ0n) is 12.0. The summed E-state index contributed by atoms with van der Waals surface area (Å²) in [7, 11) is -3.48. The second-order valence-electron chi connectivity index (χ2n) is 5.20. The molecule has 5 nitrogen and oxygen atoms in total. The molecule has 1 heterocycles. The normalized spacial score (nSPS) is 18.7.